The summed E-state index contributed by atoms with van der Waals surface area (Å²) in [7, 11) is 0. The molecule has 0 atom stereocenters. The molecule has 0 fully saturated rings. The Bertz CT molecular complexity index is 732. The fraction of sp³-hybridized carbons (Fsp3) is 0.182. The van der Waals surface area contributed by atoms with Gasteiger partial charge in [0.1, 0.15) is 11.6 Å². The molecule has 0 aliphatic carbocycles. The van der Waals surface area contributed by atoms with Gasteiger partial charge in [-0.15, -0.1) is 10.2 Å². The third kappa shape index (κ3) is 4.09. The van der Waals surface area contributed by atoms with Crippen molar-refractivity contribution in [1.29, 1.82) is 0 Å². The lowest BCUT2D eigenvalue weighted by atomic mass is 10.3. The number of hydrogen-bond donors (Lipinski definition) is 2. The van der Waals surface area contributed by atoms with Gasteiger partial charge in [0.2, 0.25) is 11.1 Å². The molecule has 6 nitrogen and oxygen atoms in total. The number of nitrogens with two attached hydrogens (primary N) is 1. The fourth-order valence-electron chi connectivity index (χ4n) is 1.48. The van der Waals surface area contributed by atoms with Crippen molar-refractivity contribution in [3.8, 4) is 0 Å². The van der Waals surface area contributed by atoms with E-state index in [0.717, 1.165) is 12.1 Å². The summed E-state index contributed by atoms with van der Waals surface area (Å²) >= 11 is 0.576. The van der Waals surface area contributed by atoms with Crippen LogP contribution in [0, 0.1) is 11.6 Å². The van der Waals surface area contributed by atoms with Crippen LogP contribution in [0.5, 0.6) is 0 Å². The van der Waals surface area contributed by atoms with Crippen molar-refractivity contribution in [2.45, 2.75) is 11.3 Å². The van der Waals surface area contributed by atoms with E-state index >= 15 is 0 Å². The number of nitrogen functional groups attached to an aromatic ring is 1. The molecule has 0 unspecified atom stereocenters. The number of nitrogens with one attached hydrogen (secondary N) is 1. The Morgan fingerprint density at radius 1 is 1.30 bits per heavy atom. The van der Waals surface area contributed by atoms with Crippen LogP contribution >= 0.6 is 11.8 Å². The molecule has 12 heteroatoms. The second kappa shape index (κ2) is 6.40. The Labute approximate surface area is 129 Å². The van der Waals surface area contributed by atoms with E-state index in [0.29, 0.717) is 17.8 Å². The van der Waals surface area contributed by atoms with Gasteiger partial charge in [-0.3, -0.25) is 4.79 Å². The summed E-state index contributed by atoms with van der Waals surface area (Å²) in [6.45, 7) is 0. The lowest BCUT2D eigenvalue weighted by Crippen LogP contribution is -2.22. The van der Waals surface area contributed by atoms with Gasteiger partial charge >= 0.3 is 6.18 Å². The molecule has 0 radical (unpaired) electrons. The van der Waals surface area contributed by atoms with E-state index in [1.54, 1.807) is 0 Å². The molecule has 0 aliphatic rings. The predicted octanol–water partition coefficient (Wildman–Crippen LogP) is 2.02. The number of hydrogen-bond acceptors (Lipinski definition) is 5. The second-order valence-electron chi connectivity index (χ2n) is 4.13. The molecule has 0 bridgehead atoms. The monoisotopic (exact) mass is 353 g/mol. The summed E-state index contributed by atoms with van der Waals surface area (Å²) in [5.74, 6) is 0.841. The number of carbonyl (C=O) groups excluding carboxylic acids is 1. The average molecular weight is 353 g/mol. The Hall–Kier alpha value is -2.37. The summed E-state index contributed by atoms with van der Waals surface area (Å²) in [6, 6.07) is 2.53. The maximum atomic E-state index is 13.3. The lowest BCUT2D eigenvalue weighted by Gasteiger charge is -2.07. The highest BCUT2D eigenvalue weighted by molar-refractivity contribution is 7.99. The van der Waals surface area contributed by atoms with Gasteiger partial charge in [0.05, 0.1) is 11.4 Å². The Morgan fingerprint density at radius 3 is 2.57 bits per heavy atom. The lowest BCUT2D eigenvalue weighted by molar-refractivity contribution is -0.146. The number of anilines is 1. The standard InChI is InChI=1S/C11H8F5N5OS/c12-5-1-2-7(6(13)3-5)18-8(22)4-23-10-20-19-9(21(10)17)11(14,15)16/h1-3H,4,17H2,(H,18,22). The molecule has 1 amide bonds. The first-order chi connectivity index (χ1) is 10.7. The Kier molecular flexibility index (Phi) is 4.73. The molecule has 0 spiro atoms. The van der Waals surface area contributed by atoms with Gasteiger partial charge in [0, 0.05) is 6.07 Å². The number of thioether (sulfide) groups is 1. The van der Waals surface area contributed by atoms with Crippen molar-refractivity contribution < 1.29 is 26.7 Å². The van der Waals surface area contributed by atoms with Gasteiger partial charge in [-0.2, -0.15) is 13.2 Å². The summed E-state index contributed by atoms with van der Waals surface area (Å²) in [5.41, 5.74) is -0.262. The van der Waals surface area contributed by atoms with Crippen LogP contribution in [0.2, 0.25) is 0 Å². The minimum atomic E-state index is -4.78. The number of rotatable bonds is 4. The SMILES string of the molecule is Nn1c(SCC(=O)Nc2ccc(F)cc2F)nnc1C(F)(F)F. The van der Waals surface area contributed by atoms with E-state index in [4.69, 9.17) is 5.84 Å². The van der Waals surface area contributed by atoms with Crippen molar-refractivity contribution in [2.75, 3.05) is 16.9 Å². The van der Waals surface area contributed by atoms with Crippen molar-refractivity contribution >= 4 is 23.4 Å². The van der Waals surface area contributed by atoms with E-state index in [1.165, 1.54) is 0 Å². The third-order valence-electron chi connectivity index (χ3n) is 2.46. The van der Waals surface area contributed by atoms with Crippen LogP contribution in [0.15, 0.2) is 23.4 Å². The number of alkyl halides is 3. The highest BCUT2D eigenvalue weighted by Gasteiger charge is 2.38. The quantitative estimate of drug-likeness (QED) is 0.499. The molecule has 23 heavy (non-hydrogen) atoms. The molecule has 2 rings (SSSR count). The van der Waals surface area contributed by atoms with Gasteiger partial charge in [0.15, 0.2) is 0 Å². The van der Waals surface area contributed by atoms with Gasteiger partial charge < -0.3 is 11.2 Å². The van der Waals surface area contributed by atoms with Crippen molar-refractivity contribution in [2.24, 2.45) is 0 Å². The molecule has 2 aromatic rings. The number of amides is 1. The minimum Gasteiger partial charge on any atom is -0.335 e. The molecule has 0 saturated heterocycles. The first-order valence-corrected chi connectivity index (χ1v) is 6.82. The summed E-state index contributed by atoms with van der Waals surface area (Å²) in [6.07, 6.45) is -4.78. The third-order valence-corrected chi connectivity index (χ3v) is 3.40. The van der Waals surface area contributed by atoms with Crippen LogP contribution in [0.4, 0.5) is 27.6 Å². The summed E-state index contributed by atoms with van der Waals surface area (Å²) in [5, 5.41) is 7.90. The smallest absolute Gasteiger partial charge is 0.335 e. The van der Waals surface area contributed by atoms with Crippen molar-refractivity contribution in [3.63, 3.8) is 0 Å². The van der Waals surface area contributed by atoms with Gasteiger partial charge in [-0.1, -0.05) is 11.8 Å². The van der Waals surface area contributed by atoms with Gasteiger partial charge in [-0.25, -0.2) is 13.5 Å². The predicted molar refractivity (Wildman–Crippen MR) is 70.9 cm³/mol. The molecule has 3 N–H and O–H groups in total. The number of halogens is 5. The topological polar surface area (TPSA) is 85.8 Å². The normalized spacial score (nSPS) is 11.5. The molecule has 1 aromatic carbocycles. The Balaban J connectivity index is 1.98. The molecular weight excluding hydrogens is 345 g/mol. The molecular formula is C11H8F5N5OS. The maximum absolute atomic E-state index is 13.3. The van der Waals surface area contributed by atoms with Crippen LogP contribution in [0.3, 0.4) is 0 Å². The van der Waals surface area contributed by atoms with Crippen molar-refractivity contribution in [3.05, 3.63) is 35.7 Å². The maximum Gasteiger partial charge on any atom is 0.453 e. The first kappa shape index (κ1) is 17.0. The van der Waals surface area contributed by atoms with Crippen LogP contribution in [0.1, 0.15) is 5.82 Å². The van der Waals surface area contributed by atoms with E-state index < -0.39 is 35.3 Å². The summed E-state index contributed by atoms with van der Waals surface area (Å²) in [4.78, 5) is 11.6. The van der Waals surface area contributed by atoms with E-state index in [9.17, 15) is 26.7 Å². The van der Waals surface area contributed by atoms with Crippen LogP contribution in [-0.4, -0.2) is 26.5 Å². The van der Waals surface area contributed by atoms with Gasteiger partial charge in [0.25, 0.3) is 5.82 Å². The van der Waals surface area contributed by atoms with E-state index in [2.05, 4.69) is 15.5 Å². The first-order valence-electron chi connectivity index (χ1n) is 5.84. The molecule has 124 valence electrons. The van der Waals surface area contributed by atoms with Gasteiger partial charge in [-0.05, 0) is 12.1 Å². The number of nitrogens with zero attached hydrogens (tertiary/aromatic N) is 3. The van der Waals surface area contributed by atoms with Crippen LogP contribution in [0.25, 0.3) is 0 Å². The molecule has 1 heterocycles. The summed E-state index contributed by atoms with van der Waals surface area (Å²) < 4.78 is 63.6. The van der Waals surface area contributed by atoms with E-state index in [1.807, 2.05) is 0 Å². The number of aromatic nitrogens is 3. The van der Waals surface area contributed by atoms with Crippen LogP contribution in [-0.2, 0) is 11.0 Å². The zero-order valence-electron chi connectivity index (χ0n) is 11.1. The molecule has 0 aliphatic heterocycles. The average Bonchev–Trinajstić information content (AvgIpc) is 2.81. The van der Waals surface area contributed by atoms with E-state index in [-0.39, 0.29) is 15.5 Å². The highest BCUT2D eigenvalue weighted by Crippen LogP contribution is 2.28. The minimum absolute atomic E-state index is 0.205. The largest absolute Gasteiger partial charge is 0.453 e. The highest BCUT2D eigenvalue weighted by atomic mass is 32.2. The molecule has 1 aromatic heterocycles. The van der Waals surface area contributed by atoms with Crippen molar-refractivity contribution in [1.82, 2.24) is 14.9 Å². The fourth-order valence-corrected chi connectivity index (χ4v) is 2.13. The van der Waals surface area contributed by atoms with Crippen LogP contribution < -0.4 is 11.2 Å². The zero-order valence-corrected chi connectivity index (χ0v) is 11.9. The zero-order chi connectivity index (χ0) is 17.2. The second-order valence-corrected chi connectivity index (χ2v) is 5.08. The number of benzene rings is 1. The molecule has 0 saturated carbocycles. The Morgan fingerprint density at radius 2 is 2.00 bits per heavy atom. The number of carbonyl (C=O) groups is 1.